The predicted octanol–water partition coefficient (Wildman–Crippen LogP) is 2.68. The van der Waals surface area contributed by atoms with Crippen LogP contribution in [0, 0.1) is 6.92 Å². The lowest BCUT2D eigenvalue weighted by Gasteiger charge is -2.16. The Labute approximate surface area is 140 Å². The van der Waals surface area contributed by atoms with E-state index >= 15 is 0 Å². The Hall–Kier alpha value is -3.02. The lowest BCUT2D eigenvalue weighted by molar-refractivity contribution is 0.0937. The first kappa shape index (κ1) is 15.9. The van der Waals surface area contributed by atoms with E-state index in [1.54, 1.807) is 17.1 Å². The molecule has 24 heavy (non-hydrogen) atoms. The minimum absolute atomic E-state index is 0.171. The summed E-state index contributed by atoms with van der Waals surface area (Å²) < 4.78 is 1.79. The molecule has 0 saturated heterocycles. The van der Waals surface area contributed by atoms with Crippen LogP contribution in [0.3, 0.4) is 0 Å². The number of nitrogens with zero attached hydrogens (tertiary/aromatic N) is 4. The van der Waals surface area contributed by atoms with E-state index in [-0.39, 0.29) is 11.9 Å². The van der Waals surface area contributed by atoms with Crippen LogP contribution in [0.4, 0.5) is 0 Å². The van der Waals surface area contributed by atoms with Crippen LogP contribution in [0.2, 0.25) is 0 Å². The van der Waals surface area contributed by atoms with Gasteiger partial charge in [-0.2, -0.15) is 0 Å². The summed E-state index contributed by atoms with van der Waals surface area (Å²) >= 11 is 0. The molecule has 3 rings (SSSR count). The maximum absolute atomic E-state index is 12.9. The summed E-state index contributed by atoms with van der Waals surface area (Å²) in [6.45, 7) is 3.73. The maximum Gasteiger partial charge on any atom is 0.254 e. The third kappa shape index (κ3) is 3.03. The molecule has 6 heteroatoms. The monoisotopic (exact) mass is 321 g/mol. The molecule has 0 aliphatic heterocycles. The van der Waals surface area contributed by atoms with Gasteiger partial charge < -0.3 is 9.88 Å². The molecule has 2 aromatic heterocycles. The largest absolute Gasteiger partial charge is 0.342 e. The number of carbonyl (C=O) groups is 1. The molecule has 1 atom stereocenters. The number of pyridine rings is 1. The molecule has 1 aromatic carbocycles. The van der Waals surface area contributed by atoms with E-state index < -0.39 is 0 Å². The van der Waals surface area contributed by atoms with Crippen molar-refractivity contribution in [1.29, 1.82) is 0 Å². The topological polar surface area (TPSA) is 72.7 Å². The minimum Gasteiger partial charge on any atom is -0.342 e. The van der Waals surface area contributed by atoms with Gasteiger partial charge >= 0.3 is 0 Å². The number of rotatable bonds is 4. The second kappa shape index (κ2) is 6.62. The standard InChI is InChI=1S/C18H19N5O/c1-12-16(15(9-10-19-12)14-7-5-4-6-8-14)18(24)21-13(2)17-22-20-11-23(17)3/h4-11,13H,1-3H3,(H,21,24). The van der Waals surface area contributed by atoms with Crippen molar-refractivity contribution in [2.24, 2.45) is 7.05 Å². The van der Waals surface area contributed by atoms with Gasteiger partial charge in [-0.3, -0.25) is 9.78 Å². The van der Waals surface area contributed by atoms with Gasteiger partial charge in [0, 0.05) is 13.2 Å². The van der Waals surface area contributed by atoms with E-state index in [2.05, 4.69) is 20.5 Å². The van der Waals surface area contributed by atoms with Gasteiger partial charge in [0.1, 0.15) is 6.33 Å². The molecule has 1 amide bonds. The van der Waals surface area contributed by atoms with Gasteiger partial charge in [-0.25, -0.2) is 0 Å². The second-order valence-electron chi connectivity index (χ2n) is 5.68. The first-order valence-corrected chi connectivity index (χ1v) is 7.73. The number of benzene rings is 1. The van der Waals surface area contributed by atoms with Crippen LogP contribution in [0.15, 0.2) is 48.9 Å². The zero-order valence-electron chi connectivity index (χ0n) is 13.9. The number of amides is 1. The summed E-state index contributed by atoms with van der Waals surface area (Å²) in [4.78, 5) is 17.1. The Morgan fingerprint density at radius 3 is 2.62 bits per heavy atom. The molecule has 0 aliphatic rings. The van der Waals surface area contributed by atoms with E-state index in [4.69, 9.17) is 0 Å². The highest BCUT2D eigenvalue weighted by Gasteiger charge is 2.20. The van der Waals surface area contributed by atoms with Gasteiger partial charge in [0.2, 0.25) is 0 Å². The highest BCUT2D eigenvalue weighted by atomic mass is 16.1. The molecule has 122 valence electrons. The highest BCUT2D eigenvalue weighted by Crippen LogP contribution is 2.25. The number of aryl methyl sites for hydroxylation is 2. The van der Waals surface area contributed by atoms with Gasteiger partial charge in [-0.15, -0.1) is 10.2 Å². The van der Waals surface area contributed by atoms with Crippen LogP contribution in [0.25, 0.3) is 11.1 Å². The average molecular weight is 321 g/mol. The van der Waals surface area contributed by atoms with Crippen molar-refractivity contribution in [2.75, 3.05) is 0 Å². The highest BCUT2D eigenvalue weighted by molar-refractivity contribution is 6.01. The molecule has 0 fully saturated rings. The normalized spacial score (nSPS) is 12.0. The van der Waals surface area contributed by atoms with Crippen molar-refractivity contribution in [1.82, 2.24) is 25.1 Å². The number of aromatic nitrogens is 4. The first-order chi connectivity index (χ1) is 11.6. The van der Waals surface area contributed by atoms with Crippen LogP contribution in [0.5, 0.6) is 0 Å². The summed E-state index contributed by atoms with van der Waals surface area (Å²) in [6, 6.07) is 11.4. The Morgan fingerprint density at radius 2 is 1.96 bits per heavy atom. The average Bonchev–Trinajstić information content (AvgIpc) is 3.01. The molecule has 3 aromatic rings. The fraction of sp³-hybridized carbons (Fsp3) is 0.222. The quantitative estimate of drug-likeness (QED) is 0.802. The smallest absolute Gasteiger partial charge is 0.254 e. The van der Waals surface area contributed by atoms with E-state index in [0.29, 0.717) is 17.1 Å². The number of carbonyl (C=O) groups excluding carboxylic acids is 1. The van der Waals surface area contributed by atoms with E-state index in [9.17, 15) is 4.79 Å². The molecular formula is C18H19N5O. The van der Waals surface area contributed by atoms with Crippen LogP contribution in [-0.2, 0) is 7.05 Å². The zero-order valence-corrected chi connectivity index (χ0v) is 13.9. The lowest BCUT2D eigenvalue weighted by Crippen LogP contribution is -2.29. The van der Waals surface area contributed by atoms with Crippen LogP contribution < -0.4 is 5.32 Å². The first-order valence-electron chi connectivity index (χ1n) is 7.73. The molecule has 0 saturated carbocycles. The number of hydrogen-bond donors (Lipinski definition) is 1. The predicted molar refractivity (Wildman–Crippen MR) is 91.3 cm³/mol. The fourth-order valence-corrected chi connectivity index (χ4v) is 2.73. The Bertz CT molecular complexity index is 857. The molecular weight excluding hydrogens is 302 g/mol. The Morgan fingerprint density at radius 1 is 1.21 bits per heavy atom. The number of hydrogen-bond acceptors (Lipinski definition) is 4. The summed E-state index contributed by atoms with van der Waals surface area (Å²) in [5.41, 5.74) is 3.13. The summed E-state index contributed by atoms with van der Waals surface area (Å²) in [7, 11) is 1.85. The minimum atomic E-state index is -0.256. The van der Waals surface area contributed by atoms with Crippen molar-refractivity contribution in [3.05, 3.63) is 66.0 Å². The molecule has 0 spiro atoms. The molecule has 0 bridgehead atoms. The van der Waals surface area contributed by atoms with E-state index in [1.807, 2.05) is 57.3 Å². The van der Waals surface area contributed by atoms with Gasteiger partial charge in [0.05, 0.1) is 17.3 Å². The van der Waals surface area contributed by atoms with Crippen molar-refractivity contribution in [2.45, 2.75) is 19.9 Å². The lowest BCUT2D eigenvalue weighted by atomic mass is 9.98. The Balaban J connectivity index is 1.94. The van der Waals surface area contributed by atoms with Crippen molar-refractivity contribution in [3.8, 4) is 11.1 Å². The summed E-state index contributed by atoms with van der Waals surface area (Å²) in [5, 5.41) is 10.9. The summed E-state index contributed by atoms with van der Waals surface area (Å²) in [6.07, 6.45) is 3.34. The van der Waals surface area contributed by atoms with E-state index in [1.165, 1.54) is 0 Å². The third-order valence-corrected chi connectivity index (χ3v) is 3.93. The van der Waals surface area contributed by atoms with Crippen molar-refractivity contribution < 1.29 is 4.79 Å². The van der Waals surface area contributed by atoms with Crippen molar-refractivity contribution >= 4 is 5.91 Å². The Kier molecular flexibility index (Phi) is 4.37. The van der Waals surface area contributed by atoms with Gasteiger partial charge in [0.25, 0.3) is 5.91 Å². The molecule has 2 heterocycles. The van der Waals surface area contributed by atoms with E-state index in [0.717, 1.165) is 11.1 Å². The zero-order chi connectivity index (χ0) is 17.1. The third-order valence-electron chi connectivity index (χ3n) is 3.93. The van der Waals surface area contributed by atoms with Crippen LogP contribution in [-0.4, -0.2) is 25.7 Å². The number of nitrogens with one attached hydrogen (secondary N) is 1. The summed E-state index contributed by atoms with van der Waals surface area (Å²) in [5.74, 6) is 0.529. The molecule has 1 N–H and O–H groups in total. The molecule has 0 radical (unpaired) electrons. The maximum atomic E-state index is 12.9. The molecule has 0 aliphatic carbocycles. The van der Waals surface area contributed by atoms with Gasteiger partial charge in [-0.1, -0.05) is 30.3 Å². The molecule has 1 unspecified atom stereocenters. The SMILES string of the molecule is Cc1nccc(-c2ccccc2)c1C(=O)NC(C)c1nncn1C. The second-order valence-corrected chi connectivity index (χ2v) is 5.68. The van der Waals surface area contributed by atoms with Crippen LogP contribution in [0.1, 0.15) is 34.8 Å². The van der Waals surface area contributed by atoms with Gasteiger partial charge in [0.15, 0.2) is 5.82 Å². The van der Waals surface area contributed by atoms with Gasteiger partial charge in [-0.05, 0) is 31.0 Å². The van der Waals surface area contributed by atoms with Crippen LogP contribution >= 0.6 is 0 Å². The van der Waals surface area contributed by atoms with Crippen molar-refractivity contribution in [3.63, 3.8) is 0 Å². The fourth-order valence-electron chi connectivity index (χ4n) is 2.73. The molecule has 6 nitrogen and oxygen atoms in total.